The van der Waals surface area contributed by atoms with Crippen molar-refractivity contribution in [2.45, 2.75) is 0 Å². The van der Waals surface area contributed by atoms with E-state index in [2.05, 4.69) is 20.9 Å². The molecule has 0 saturated heterocycles. The third-order valence-electron chi connectivity index (χ3n) is 2.42. The highest BCUT2D eigenvalue weighted by Crippen LogP contribution is 2.29. The summed E-state index contributed by atoms with van der Waals surface area (Å²) in [5.41, 5.74) is 0.418. The SMILES string of the molecule is O=c1oc2c(Cl)cccc2cc1-c1ncc(Br)s1. The molecule has 0 N–H and O–H groups in total. The van der Waals surface area contributed by atoms with Gasteiger partial charge in [-0.3, -0.25) is 0 Å². The number of hydrogen-bond acceptors (Lipinski definition) is 4. The Labute approximate surface area is 119 Å². The maximum absolute atomic E-state index is 11.9. The second-order valence-corrected chi connectivity index (χ2v) is 6.39. The highest BCUT2D eigenvalue weighted by molar-refractivity contribution is 9.11. The Morgan fingerprint density at radius 3 is 2.94 bits per heavy atom. The van der Waals surface area contributed by atoms with E-state index >= 15 is 0 Å². The van der Waals surface area contributed by atoms with Crippen LogP contribution < -0.4 is 5.63 Å². The van der Waals surface area contributed by atoms with Crippen molar-refractivity contribution in [2.24, 2.45) is 0 Å². The van der Waals surface area contributed by atoms with Crippen LogP contribution in [-0.2, 0) is 0 Å². The van der Waals surface area contributed by atoms with Crippen molar-refractivity contribution in [1.29, 1.82) is 0 Å². The van der Waals surface area contributed by atoms with Crippen LogP contribution in [0.2, 0.25) is 5.02 Å². The van der Waals surface area contributed by atoms with Gasteiger partial charge in [0.05, 0.1) is 20.6 Å². The number of rotatable bonds is 1. The molecule has 0 amide bonds. The van der Waals surface area contributed by atoms with Crippen molar-refractivity contribution in [3.8, 4) is 10.6 Å². The number of para-hydroxylation sites is 1. The average Bonchev–Trinajstić information content (AvgIpc) is 2.76. The van der Waals surface area contributed by atoms with Gasteiger partial charge in [0.2, 0.25) is 0 Å². The molecule has 3 nitrogen and oxygen atoms in total. The lowest BCUT2D eigenvalue weighted by Crippen LogP contribution is -2.02. The summed E-state index contributed by atoms with van der Waals surface area (Å²) in [5, 5.41) is 1.83. The first-order valence-electron chi connectivity index (χ1n) is 4.99. The van der Waals surface area contributed by atoms with E-state index in [9.17, 15) is 4.79 Å². The van der Waals surface area contributed by atoms with E-state index in [4.69, 9.17) is 16.0 Å². The zero-order chi connectivity index (χ0) is 12.7. The second-order valence-electron chi connectivity index (χ2n) is 3.58. The smallest absolute Gasteiger partial charge is 0.346 e. The molecule has 0 bridgehead atoms. The Kier molecular flexibility index (Phi) is 2.97. The maximum atomic E-state index is 11.9. The van der Waals surface area contributed by atoms with E-state index in [-0.39, 0.29) is 0 Å². The van der Waals surface area contributed by atoms with Gasteiger partial charge < -0.3 is 4.42 Å². The lowest BCUT2D eigenvalue weighted by Gasteiger charge is -2.00. The molecule has 1 aromatic carbocycles. The highest BCUT2D eigenvalue weighted by atomic mass is 79.9. The van der Waals surface area contributed by atoms with E-state index in [1.807, 2.05) is 12.1 Å². The maximum Gasteiger partial charge on any atom is 0.346 e. The monoisotopic (exact) mass is 341 g/mol. The van der Waals surface area contributed by atoms with Gasteiger partial charge in [0.1, 0.15) is 5.01 Å². The van der Waals surface area contributed by atoms with Crippen LogP contribution in [0.15, 0.2) is 43.5 Å². The molecule has 6 heteroatoms. The van der Waals surface area contributed by atoms with Crippen LogP contribution in [0.3, 0.4) is 0 Å². The van der Waals surface area contributed by atoms with Gasteiger partial charge >= 0.3 is 5.63 Å². The number of aromatic nitrogens is 1. The van der Waals surface area contributed by atoms with Crippen LogP contribution in [0.4, 0.5) is 0 Å². The van der Waals surface area contributed by atoms with E-state index in [1.54, 1.807) is 18.3 Å². The van der Waals surface area contributed by atoms with Crippen LogP contribution in [-0.4, -0.2) is 4.98 Å². The van der Waals surface area contributed by atoms with Crippen molar-refractivity contribution >= 4 is 49.8 Å². The van der Waals surface area contributed by atoms with E-state index in [1.165, 1.54) is 11.3 Å². The standard InChI is InChI=1S/C12H5BrClNO2S/c13-9-5-15-11(18-9)7-4-6-2-1-3-8(14)10(6)17-12(7)16/h1-5H. The number of halogens is 2. The van der Waals surface area contributed by atoms with Gasteiger partial charge in [0.15, 0.2) is 5.58 Å². The zero-order valence-electron chi connectivity index (χ0n) is 8.81. The molecule has 3 rings (SSSR count). The number of nitrogens with zero attached hydrogens (tertiary/aromatic N) is 1. The first-order chi connectivity index (χ1) is 8.65. The van der Waals surface area contributed by atoms with Crippen molar-refractivity contribution in [3.63, 3.8) is 0 Å². The molecule has 0 saturated carbocycles. The molecule has 0 atom stereocenters. The topological polar surface area (TPSA) is 43.1 Å². The predicted molar refractivity (Wildman–Crippen MR) is 76.3 cm³/mol. The summed E-state index contributed by atoms with van der Waals surface area (Å²) >= 11 is 10.7. The van der Waals surface area contributed by atoms with Crippen molar-refractivity contribution in [2.75, 3.05) is 0 Å². The molecule has 0 aliphatic heterocycles. The first kappa shape index (κ1) is 11.9. The summed E-state index contributed by atoms with van der Waals surface area (Å²) < 4.78 is 6.12. The molecule has 18 heavy (non-hydrogen) atoms. The predicted octanol–water partition coefficient (Wildman–Crippen LogP) is 4.33. The van der Waals surface area contributed by atoms with Gasteiger partial charge in [-0.1, -0.05) is 23.7 Å². The molecule has 0 aliphatic carbocycles. The summed E-state index contributed by atoms with van der Waals surface area (Å²) in [6.07, 6.45) is 1.65. The molecule has 2 aromatic heterocycles. The largest absolute Gasteiger partial charge is 0.421 e. The van der Waals surface area contributed by atoms with Crippen LogP contribution >= 0.6 is 38.9 Å². The Bertz CT molecular complexity index is 796. The zero-order valence-corrected chi connectivity index (χ0v) is 12.0. The van der Waals surface area contributed by atoms with Gasteiger partial charge in [0, 0.05) is 5.39 Å². The molecule has 0 spiro atoms. The van der Waals surface area contributed by atoms with Crippen LogP contribution in [0.5, 0.6) is 0 Å². The Morgan fingerprint density at radius 2 is 2.22 bits per heavy atom. The van der Waals surface area contributed by atoms with E-state index in [0.29, 0.717) is 21.2 Å². The number of benzene rings is 1. The third kappa shape index (κ3) is 1.98. The summed E-state index contributed by atoms with van der Waals surface area (Å²) in [4.78, 5) is 16.1. The van der Waals surface area contributed by atoms with Crippen LogP contribution in [0.25, 0.3) is 21.5 Å². The fourth-order valence-electron chi connectivity index (χ4n) is 1.64. The van der Waals surface area contributed by atoms with Gasteiger partial charge in [-0.2, -0.15) is 0 Å². The molecule has 0 fully saturated rings. The van der Waals surface area contributed by atoms with Crippen molar-refractivity contribution in [1.82, 2.24) is 4.98 Å². The number of fused-ring (bicyclic) bond motifs is 1. The Morgan fingerprint density at radius 1 is 1.39 bits per heavy atom. The van der Waals surface area contributed by atoms with Crippen LogP contribution in [0, 0.1) is 0 Å². The van der Waals surface area contributed by atoms with E-state index in [0.717, 1.165) is 9.17 Å². The minimum absolute atomic E-state index is 0.406. The van der Waals surface area contributed by atoms with Gasteiger partial charge in [0.25, 0.3) is 0 Å². The molecule has 90 valence electrons. The van der Waals surface area contributed by atoms with Crippen LogP contribution in [0.1, 0.15) is 0 Å². The summed E-state index contributed by atoms with van der Waals surface area (Å²) in [6, 6.07) is 7.09. The summed E-state index contributed by atoms with van der Waals surface area (Å²) in [5.74, 6) is 0. The normalized spacial score (nSPS) is 11.0. The Hall–Kier alpha value is -1.17. The number of hydrogen-bond donors (Lipinski definition) is 0. The molecule has 2 heterocycles. The molecule has 0 unspecified atom stereocenters. The summed E-state index contributed by atoms with van der Waals surface area (Å²) in [6.45, 7) is 0. The minimum Gasteiger partial charge on any atom is -0.421 e. The van der Waals surface area contributed by atoms with Gasteiger partial charge in [-0.25, -0.2) is 9.78 Å². The lowest BCUT2D eigenvalue weighted by atomic mass is 10.2. The fraction of sp³-hybridized carbons (Fsp3) is 0. The first-order valence-corrected chi connectivity index (χ1v) is 6.98. The second kappa shape index (κ2) is 4.50. The third-order valence-corrected chi connectivity index (χ3v) is 4.23. The van der Waals surface area contributed by atoms with E-state index < -0.39 is 5.63 Å². The Balaban J connectivity index is 2.32. The molecule has 3 aromatic rings. The number of thiazole rings is 1. The molecule has 0 aliphatic rings. The molecule has 0 radical (unpaired) electrons. The van der Waals surface area contributed by atoms with Crippen molar-refractivity contribution in [3.05, 3.63) is 49.7 Å². The van der Waals surface area contributed by atoms with Gasteiger partial charge in [-0.15, -0.1) is 11.3 Å². The molecular formula is C12H5BrClNO2S. The molecular weight excluding hydrogens is 338 g/mol. The quantitative estimate of drug-likeness (QED) is 0.618. The average molecular weight is 343 g/mol. The highest BCUT2D eigenvalue weighted by Gasteiger charge is 2.12. The summed E-state index contributed by atoms with van der Waals surface area (Å²) in [7, 11) is 0. The minimum atomic E-state index is -0.433. The lowest BCUT2D eigenvalue weighted by molar-refractivity contribution is 0.563. The van der Waals surface area contributed by atoms with Crippen molar-refractivity contribution < 1.29 is 4.42 Å². The fourth-order valence-corrected chi connectivity index (χ4v) is 3.07. The van der Waals surface area contributed by atoms with Gasteiger partial charge in [-0.05, 0) is 28.1 Å².